The lowest BCUT2D eigenvalue weighted by Gasteiger charge is -2.32. The van der Waals surface area contributed by atoms with E-state index in [9.17, 15) is 17.2 Å². The largest absolute Gasteiger partial charge is 0.310 e. The van der Waals surface area contributed by atoms with Crippen LogP contribution in [0.3, 0.4) is 0 Å². The van der Waals surface area contributed by atoms with Crippen LogP contribution < -0.4 is 5.32 Å². The Kier molecular flexibility index (Phi) is 3.42. The molecule has 1 heterocycles. The first-order valence-corrected chi connectivity index (χ1v) is 7.47. The minimum atomic E-state index is -3.75. The van der Waals surface area contributed by atoms with Crippen LogP contribution in [0.5, 0.6) is 0 Å². The molecule has 1 aliphatic heterocycles. The van der Waals surface area contributed by atoms with Crippen LogP contribution in [0.4, 0.5) is 8.78 Å². The van der Waals surface area contributed by atoms with Crippen LogP contribution >= 0.6 is 0 Å². The molecule has 3 nitrogen and oxygen atoms in total. The monoisotopic (exact) mass is 275 g/mol. The molecule has 2 unspecified atom stereocenters. The summed E-state index contributed by atoms with van der Waals surface area (Å²) in [6.45, 7) is 4.12. The van der Waals surface area contributed by atoms with Gasteiger partial charge in [0, 0.05) is 11.6 Å². The molecule has 1 aromatic carbocycles. The third-order valence-electron chi connectivity index (χ3n) is 3.19. The molecule has 18 heavy (non-hydrogen) atoms. The standard InChI is InChI=1S/C12H15F2NO2S/c1-3-15-11-7(2)6-18(16,17)12-9(14)5-4-8(13)10(11)12/h4-5,7,11,15H,3,6H2,1-2H3. The maximum absolute atomic E-state index is 13.9. The summed E-state index contributed by atoms with van der Waals surface area (Å²) < 4.78 is 51.5. The Labute approximate surface area is 105 Å². The summed E-state index contributed by atoms with van der Waals surface area (Å²) >= 11 is 0. The number of fused-ring (bicyclic) bond motifs is 1. The minimum absolute atomic E-state index is 0.0596. The van der Waals surface area contributed by atoms with Crippen LogP contribution in [-0.2, 0) is 9.84 Å². The Balaban J connectivity index is 2.73. The fraction of sp³-hybridized carbons (Fsp3) is 0.500. The zero-order valence-electron chi connectivity index (χ0n) is 10.2. The van der Waals surface area contributed by atoms with E-state index in [1.54, 1.807) is 6.92 Å². The number of halogens is 2. The second-order valence-electron chi connectivity index (χ2n) is 4.57. The first-order valence-electron chi connectivity index (χ1n) is 5.82. The summed E-state index contributed by atoms with van der Waals surface area (Å²) in [5.74, 6) is -2.01. The Morgan fingerprint density at radius 1 is 1.33 bits per heavy atom. The van der Waals surface area contributed by atoms with Crippen molar-refractivity contribution < 1.29 is 17.2 Å². The minimum Gasteiger partial charge on any atom is -0.310 e. The normalized spacial score (nSPS) is 25.8. The van der Waals surface area contributed by atoms with Gasteiger partial charge in [-0.25, -0.2) is 17.2 Å². The van der Waals surface area contributed by atoms with E-state index in [4.69, 9.17) is 0 Å². The Morgan fingerprint density at radius 2 is 1.94 bits per heavy atom. The van der Waals surface area contributed by atoms with Gasteiger partial charge < -0.3 is 5.32 Å². The van der Waals surface area contributed by atoms with Crippen molar-refractivity contribution in [2.24, 2.45) is 5.92 Å². The van der Waals surface area contributed by atoms with Crippen molar-refractivity contribution in [1.82, 2.24) is 5.32 Å². The van der Waals surface area contributed by atoms with Crippen molar-refractivity contribution in [1.29, 1.82) is 0 Å². The fourth-order valence-corrected chi connectivity index (χ4v) is 4.46. The van der Waals surface area contributed by atoms with E-state index >= 15 is 0 Å². The molecule has 0 saturated carbocycles. The van der Waals surface area contributed by atoms with Gasteiger partial charge in [0.1, 0.15) is 16.5 Å². The van der Waals surface area contributed by atoms with Crippen LogP contribution in [0.25, 0.3) is 0 Å². The summed E-state index contributed by atoms with van der Waals surface area (Å²) in [5, 5.41) is 3.03. The van der Waals surface area contributed by atoms with E-state index in [1.807, 2.05) is 6.92 Å². The zero-order valence-corrected chi connectivity index (χ0v) is 11.0. The molecule has 0 bridgehead atoms. The highest BCUT2D eigenvalue weighted by atomic mass is 32.2. The van der Waals surface area contributed by atoms with Gasteiger partial charge in [0.2, 0.25) is 0 Å². The first-order chi connectivity index (χ1) is 8.38. The lowest BCUT2D eigenvalue weighted by molar-refractivity contribution is 0.379. The molecule has 1 aliphatic rings. The van der Waals surface area contributed by atoms with Gasteiger partial charge in [-0.1, -0.05) is 13.8 Å². The predicted octanol–water partition coefficient (Wildman–Crippen LogP) is 2.04. The van der Waals surface area contributed by atoms with Gasteiger partial charge in [0.15, 0.2) is 9.84 Å². The van der Waals surface area contributed by atoms with E-state index < -0.39 is 32.4 Å². The van der Waals surface area contributed by atoms with Crippen molar-refractivity contribution in [2.75, 3.05) is 12.3 Å². The van der Waals surface area contributed by atoms with Crippen LogP contribution in [0, 0.1) is 17.6 Å². The molecule has 2 atom stereocenters. The van der Waals surface area contributed by atoms with Gasteiger partial charge in [0.25, 0.3) is 0 Å². The molecule has 0 aliphatic carbocycles. The highest BCUT2D eigenvalue weighted by molar-refractivity contribution is 7.91. The highest BCUT2D eigenvalue weighted by Crippen LogP contribution is 2.38. The van der Waals surface area contributed by atoms with Gasteiger partial charge in [0.05, 0.1) is 5.75 Å². The maximum atomic E-state index is 13.9. The third kappa shape index (κ3) is 2.03. The smallest absolute Gasteiger partial charge is 0.182 e. The summed E-state index contributed by atoms with van der Waals surface area (Å²) in [6, 6.07) is 1.38. The molecule has 6 heteroatoms. The Hall–Kier alpha value is -1.01. The fourth-order valence-electron chi connectivity index (χ4n) is 2.49. The topological polar surface area (TPSA) is 46.2 Å². The second kappa shape index (κ2) is 4.59. The number of sulfone groups is 1. The lowest BCUT2D eigenvalue weighted by atomic mass is 9.94. The molecule has 2 rings (SSSR count). The van der Waals surface area contributed by atoms with Gasteiger partial charge >= 0.3 is 0 Å². The molecule has 0 radical (unpaired) electrons. The van der Waals surface area contributed by atoms with Gasteiger partial charge in [-0.3, -0.25) is 0 Å². The Bertz CT molecular complexity index is 572. The van der Waals surface area contributed by atoms with Crippen LogP contribution in [-0.4, -0.2) is 20.7 Å². The number of nitrogens with one attached hydrogen (secondary N) is 1. The van der Waals surface area contributed by atoms with Crippen molar-refractivity contribution in [2.45, 2.75) is 24.8 Å². The van der Waals surface area contributed by atoms with Crippen LogP contribution in [0.1, 0.15) is 25.5 Å². The molecule has 100 valence electrons. The van der Waals surface area contributed by atoms with E-state index in [0.29, 0.717) is 6.54 Å². The molecule has 0 aromatic heterocycles. The molecule has 1 aromatic rings. The molecule has 0 fully saturated rings. The van der Waals surface area contributed by atoms with Gasteiger partial charge in [-0.05, 0) is 24.6 Å². The third-order valence-corrected chi connectivity index (χ3v) is 5.19. The predicted molar refractivity (Wildman–Crippen MR) is 64.0 cm³/mol. The zero-order chi connectivity index (χ0) is 13.5. The van der Waals surface area contributed by atoms with E-state index in [2.05, 4.69) is 5.32 Å². The van der Waals surface area contributed by atoms with Crippen molar-refractivity contribution in [3.8, 4) is 0 Å². The number of rotatable bonds is 2. The maximum Gasteiger partial charge on any atom is 0.182 e. The van der Waals surface area contributed by atoms with Gasteiger partial charge in [-0.2, -0.15) is 0 Å². The lowest BCUT2D eigenvalue weighted by Crippen LogP contribution is -2.37. The van der Waals surface area contributed by atoms with E-state index in [-0.39, 0.29) is 17.2 Å². The average Bonchev–Trinajstić information content (AvgIpc) is 2.27. The summed E-state index contributed by atoms with van der Waals surface area (Å²) in [6.07, 6.45) is 0. The molecule has 1 N–H and O–H groups in total. The molecule has 0 spiro atoms. The first kappa shape index (κ1) is 13.4. The average molecular weight is 275 g/mol. The number of benzene rings is 1. The van der Waals surface area contributed by atoms with E-state index in [0.717, 1.165) is 12.1 Å². The SMILES string of the molecule is CCNC1c2c(F)ccc(F)c2S(=O)(=O)CC1C. The van der Waals surface area contributed by atoms with Gasteiger partial charge in [-0.15, -0.1) is 0 Å². The van der Waals surface area contributed by atoms with Crippen molar-refractivity contribution in [3.63, 3.8) is 0 Å². The highest BCUT2D eigenvalue weighted by Gasteiger charge is 2.39. The summed E-state index contributed by atoms with van der Waals surface area (Å²) in [4.78, 5) is -0.480. The van der Waals surface area contributed by atoms with Crippen molar-refractivity contribution >= 4 is 9.84 Å². The van der Waals surface area contributed by atoms with E-state index in [1.165, 1.54) is 0 Å². The number of hydrogen-bond acceptors (Lipinski definition) is 3. The summed E-state index contributed by atoms with van der Waals surface area (Å²) in [7, 11) is -3.75. The van der Waals surface area contributed by atoms with Crippen LogP contribution in [0.15, 0.2) is 17.0 Å². The second-order valence-corrected chi connectivity index (χ2v) is 6.54. The number of hydrogen-bond donors (Lipinski definition) is 1. The van der Waals surface area contributed by atoms with Crippen molar-refractivity contribution in [3.05, 3.63) is 29.3 Å². The summed E-state index contributed by atoms with van der Waals surface area (Å²) in [5.41, 5.74) is -0.0596. The quantitative estimate of drug-likeness (QED) is 0.898. The molecular weight excluding hydrogens is 260 g/mol. The molecular formula is C12H15F2NO2S. The van der Waals surface area contributed by atoms with Crippen LogP contribution in [0.2, 0.25) is 0 Å². The molecule has 0 saturated heterocycles. The Morgan fingerprint density at radius 3 is 2.56 bits per heavy atom. The molecule has 0 amide bonds.